The molecule has 1 rings (SSSR count). The second kappa shape index (κ2) is 6.61. The van der Waals surface area contributed by atoms with Gasteiger partial charge in [-0.05, 0) is 17.6 Å². The van der Waals surface area contributed by atoms with E-state index in [0.29, 0.717) is 0 Å². The zero-order valence-electron chi connectivity index (χ0n) is 5.22. The summed E-state index contributed by atoms with van der Waals surface area (Å²) >= 11 is 1.65. The van der Waals surface area contributed by atoms with Crippen LogP contribution in [0.5, 0.6) is 0 Å². The molecule has 0 fully saturated rings. The summed E-state index contributed by atoms with van der Waals surface area (Å²) in [5, 5.41) is 3.93. The minimum Gasteiger partial charge on any atom is -0.114 e. The molecular weight excluding hydrogens is 116 g/mol. The maximum Gasteiger partial charge on any atom is 0.0172 e. The van der Waals surface area contributed by atoms with Gasteiger partial charge in [-0.1, -0.05) is 25.6 Å². The van der Waals surface area contributed by atoms with Crippen LogP contribution in [-0.2, 0) is 0 Å². The molecule has 0 radical (unpaired) electrons. The Bertz CT molecular complexity index is 116. The van der Waals surface area contributed by atoms with Gasteiger partial charge in [0, 0.05) is 5.41 Å². The Balaban J connectivity index is 0.000000222. The molecule has 1 heteroatoms. The van der Waals surface area contributed by atoms with Gasteiger partial charge in [0.25, 0.3) is 0 Å². The Morgan fingerprint density at radius 1 is 1.38 bits per heavy atom. The summed E-state index contributed by atoms with van der Waals surface area (Å²) in [5.74, 6) is 0. The van der Waals surface area contributed by atoms with Crippen LogP contribution >= 0.6 is 11.8 Å². The quantitative estimate of drug-likeness (QED) is 0.450. The third-order valence-corrected chi connectivity index (χ3v) is 1.07. The van der Waals surface area contributed by atoms with Crippen molar-refractivity contribution in [1.29, 1.82) is 0 Å². The summed E-state index contributed by atoms with van der Waals surface area (Å²) in [5.41, 5.74) is 2.91. The smallest absolute Gasteiger partial charge is 0.0172 e. The Morgan fingerprint density at radius 3 is 2.25 bits per heavy atom. The van der Waals surface area contributed by atoms with Gasteiger partial charge in [-0.25, -0.2) is 0 Å². The van der Waals surface area contributed by atoms with E-state index in [0.717, 1.165) is 0 Å². The van der Waals surface area contributed by atoms with E-state index < -0.39 is 0 Å². The Labute approximate surface area is 55.0 Å². The second-order valence-corrected chi connectivity index (χ2v) is 1.70. The molecule has 0 N–H and O–H groups in total. The van der Waals surface area contributed by atoms with Crippen LogP contribution in [0.4, 0.5) is 0 Å². The minimum absolute atomic E-state index is 1.65. The molecule has 8 heavy (non-hydrogen) atoms. The molecule has 0 atom stereocenters. The first-order valence-corrected chi connectivity index (χ1v) is 3.66. The monoisotopic (exact) mass is 126 g/mol. The lowest BCUT2D eigenvalue weighted by molar-refractivity contribution is 1.50. The van der Waals surface area contributed by atoms with Crippen molar-refractivity contribution >= 4 is 11.8 Å². The Kier molecular flexibility index (Phi) is 6.29. The van der Waals surface area contributed by atoms with Gasteiger partial charge >= 0.3 is 0 Å². The molecule has 0 aromatic heterocycles. The van der Waals surface area contributed by atoms with E-state index in [1.54, 1.807) is 11.8 Å². The zero-order valence-corrected chi connectivity index (χ0v) is 6.03. The fourth-order valence-electron chi connectivity index (χ4n) is 0.258. The zero-order chi connectivity index (χ0) is 6.24. The molecule has 0 nitrogen and oxygen atoms in total. The van der Waals surface area contributed by atoms with Gasteiger partial charge in [0.2, 0.25) is 0 Å². The van der Waals surface area contributed by atoms with Gasteiger partial charge in [0.05, 0.1) is 0 Å². The predicted molar refractivity (Wildman–Crippen MR) is 40.7 cm³/mol. The highest BCUT2D eigenvalue weighted by molar-refractivity contribution is 8.04. The molecule has 0 unspecified atom stereocenters. The lowest BCUT2D eigenvalue weighted by atomic mass is 10.6. The topological polar surface area (TPSA) is 0 Å². The van der Waals surface area contributed by atoms with Gasteiger partial charge in [0.1, 0.15) is 0 Å². The van der Waals surface area contributed by atoms with Gasteiger partial charge in [0.15, 0.2) is 0 Å². The number of thioether (sulfide) groups is 1. The van der Waals surface area contributed by atoms with Crippen molar-refractivity contribution in [2.45, 2.75) is 13.8 Å². The minimum atomic E-state index is 1.65. The van der Waals surface area contributed by atoms with Crippen LogP contribution in [0.3, 0.4) is 0 Å². The van der Waals surface area contributed by atoms with Gasteiger partial charge in [-0.15, -0.1) is 5.73 Å². The molecule has 1 aliphatic rings. The van der Waals surface area contributed by atoms with Gasteiger partial charge in [-0.3, -0.25) is 0 Å². The normalized spacial score (nSPS) is 12.8. The van der Waals surface area contributed by atoms with Gasteiger partial charge < -0.3 is 0 Å². The molecule has 1 aliphatic heterocycles. The predicted octanol–water partition coefficient (Wildman–Crippen LogP) is 2.94. The van der Waals surface area contributed by atoms with Crippen molar-refractivity contribution in [2.24, 2.45) is 0 Å². The van der Waals surface area contributed by atoms with Crippen molar-refractivity contribution in [3.05, 3.63) is 28.7 Å². The molecular formula is C7H10S. The summed E-state index contributed by atoms with van der Waals surface area (Å²) in [6, 6.07) is 0. The first kappa shape index (κ1) is 7.61. The summed E-state index contributed by atoms with van der Waals surface area (Å²) in [7, 11) is 0. The van der Waals surface area contributed by atoms with Crippen LogP contribution in [0.2, 0.25) is 0 Å². The van der Waals surface area contributed by atoms with Crippen LogP contribution in [0.1, 0.15) is 13.8 Å². The molecule has 0 aromatic carbocycles. The third kappa shape index (κ3) is 3.79. The number of rotatable bonds is 0. The molecule has 0 spiro atoms. The molecule has 0 amide bonds. The number of allylic oxidation sites excluding steroid dienone is 2. The lowest BCUT2D eigenvalue weighted by Crippen LogP contribution is -1.48. The first-order valence-electron chi connectivity index (χ1n) is 2.72. The van der Waals surface area contributed by atoms with E-state index in [1.807, 2.05) is 36.8 Å². The molecule has 0 aliphatic carbocycles. The lowest BCUT2D eigenvalue weighted by Gasteiger charge is -1.78. The highest BCUT2D eigenvalue weighted by Gasteiger charge is 1.69. The first-order chi connectivity index (χ1) is 4.00. The Hall–Kier alpha value is -0.390. The van der Waals surface area contributed by atoms with Gasteiger partial charge in [-0.2, -0.15) is 0 Å². The van der Waals surface area contributed by atoms with Crippen LogP contribution < -0.4 is 0 Å². The van der Waals surface area contributed by atoms with E-state index in [-0.39, 0.29) is 0 Å². The molecule has 44 valence electrons. The van der Waals surface area contributed by atoms with E-state index in [4.69, 9.17) is 0 Å². The average molecular weight is 126 g/mol. The summed E-state index contributed by atoms with van der Waals surface area (Å²) < 4.78 is 0. The largest absolute Gasteiger partial charge is 0.114 e. The average Bonchev–Trinajstić information content (AvgIpc) is 1.96. The van der Waals surface area contributed by atoms with Crippen molar-refractivity contribution in [1.82, 2.24) is 0 Å². The van der Waals surface area contributed by atoms with Crippen molar-refractivity contribution in [3.8, 4) is 0 Å². The number of hydrogen-bond acceptors (Lipinski definition) is 1. The molecule has 0 saturated carbocycles. The van der Waals surface area contributed by atoms with Crippen LogP contribution in [0, 0.1) is 0 Å². The molecule has 1 heterocycles. The van der Waals surface area contributed by atoms with E-state index in [2.05, 4.69) is 5.73 Å². The summed E-state index contributed by atoms with van der Waals surface area (Å²) in [6.45, 7) is 4.00. The second-order valence-electron chi connectivity index (χ2n) is 0.916. The van der Waals surface area contributed by atoms with Crippen LogP contribution in [0.15, 0.2) is 28.7 Å². The van der Waals surface area contributed by atoms with E-state index >= 15 is 0 Å². The van der Waals surface area contributed by atoms with E-state index in [9.17, 15) is 0 Å². The van der Waals surface area contributed by atoms with E-state index in [1.165, 1.54) is 0 Å². The number of hydrogen-bond donors (Lipinski definition) is 0. The van der Waals surface area contributed by atoms with Crippen LogP contribution in [0.25, 0.3) is 0 Å². The van der Waals surface area contributed by atoms with Crippen LogP contribution in [-0.4, -0.2) is 0 Å². The fourth-order valence-corrected chi connectivity index (χ4v) is 0.663. The van der Waals surface area contributed by atoms with Crippen molar-refractivity contribution in [3.63, 3.8) is 0 Å². The highest BCUT2D eigenvalue weighted by Crippen LogP contribution is 2.04. The molecule has 0 aromatic rings. The van der Waals surface area contributed by atoms with Crippen molar-refractivity contribution < 1.29 is 0 Å². The third-order valence-electron chi connectivity index (χ3n) is 0.486. The SMILES string of the molecule is C1=CC=CSC=1.CC. The van der Waals surface area contributed by atoms with Crippen molar-refractivity contribution in [2.75, 3.05) is 0 Å². The summed E-state index contributed by atoms with van der Waals surface area (Å²) in [4.78, 5) is 0. The maximum atomic E-state index is 2.91. The highest BCUT2D eigenvalue weighted by atomic mass is 32.2. The molecule has 0 saturated heterocycles. The Morgan fingerprint density at radius 2 is 2.12 bits per heavy atom. The summed E-state index contributed by atoms with van der Waals surface area (Å²) in [6.07, 6.45) is 3.85. The maximum absolute atomic E-state index is 2.91. The standard InChI is InChI=1S/C5H4S.C2H6/c1-2-4-6-5-3-1;1-2/h1-2,4-5H;1-2H3. The molecule has 0 bridgehead atoms. The fraction of sp³-hybridized carbons (Fsp3) is 0.286.